The molecule has 1 aliphatic heterocycles. The molecule has 132 valence electrons. The second-order valence-corrected chi connectivity index (χ2v) is 6.33. The summed E-state index contributed by atoms with van der Waals surface area (Å²) in [6, 6.07) is 0. The lowest BCUT2D eigenvalue weighted by Gasteiger charge is -2.39. The second kappa shape index (κ2) is 11.0. The van der Waals surface area contributed by atoms with Gasteiger partial charge in [-0.25, -0.2) is 8.78 Å². The van der Waals surface area contributed by atoms with Gasteiger partial charge in [0.2, 0.25) is 0 Å². The van der Waals surface area contributed by atoms with Crippen molar-refractivity contribution in [2.24, 2.45) is 11.8 Å². The van der Waals surface area contributed by atoms with E-state index in [4.69, 9.17) is 4.74 Å². The summed E-state index contributed by atoms with van der Waals surface area (Å²) in [6.07, 6.45) is 1.54. The smallest absolute Gasteiger partial charge is 0.263 e. The molecule has 0 bridgehead atoms. The van der Waals surface area contributed by atoms with E-state index in [2.05, 4.69) is 5.32 Å². The molecule has 0 aliphatic carbocycles. The zero-order valence-corrected chi connectivity index (χ0v) is 14.6. The highest BCUT2D eigenvalue weighted by atomic mass is 19.3. The minimum absolute atomic E-state index is 0.00313. The van der Waals surface area contributed by atoms with Crippen LogP contribution in [0.25, 0.3) is 0 Å². The Hall–Kier alpha value is -0.590. The number of hydrogen-bond acceptors (Lipinski definition) is 4. The molecule has 1 rings (SSSR count). The van der Waals surface area contributed by atoms with Crippen molar-refractivity contribution >= 4 is 6.29 Å². The maximum atomic E-state index is 13.5. The predicted molar refractivity (Wildman–Crippen MR) is 85.4 cm³/mol. The van der Waals surface area contributed by atoms with Crippen molar-refractivity contribution in [1.82, 2.24) is 10.2 Å². The van der Waals surface area contributed by atoms with Crippen LogP contribution in [0.2, 0.25) is 0 Å². The number of nitrogens with one attached hydrogen (secondary N) is 1. The van der Waals surface area contributed by atoms with E-state index in [9.17, 15) is 13.6 Å². The van der Waals surface area contributed by atoms with Gasteiger partial charge in [0.15, 0.2) is 0 Å². The van der Waals surface area contributed by atoms with E-state index in [1.165, 1.54) is 4.90 Å². The Morgan fingerprint density at radius 2 is 2.00 bits per heavy atom. The third kappa shape index (κ3) is 8.76. The summed E-state index contributed by atoms with van der Waals surface area (Å²) in [7, 11) is 1.92. The van der Waals surface area contributed by atoms with E-state index in [1.54, 1.807) is 0 Å². The number of likely N-dealkylation sites (N-methyl/N-ethyl adjacent to an activating group) is 1. The Labute approximate surface area is 133 Å². The number of carbonyl (C=O) groups is 1. The Morgan fingerprint density at radius 1 is 1.36 bits per heavy atom. The molecule has 0 aromatic rings. The molecule has 0 saturated carbocycles. The van der Waals surface area contributed by atoms with Crippen LogP contribution in [0.5, 0.6) is 0 Å². The molecule has 1 fully saturated rings. The van der Waals surface area contributed by atoms with Crippen molar-refractivity contribution in [1.29, 1.82) is 0 Å². The second-order valence-electron chi connectivity index (χ2n) is 6.33. The van der Waals surface area contributed by atoms with Crippen LogP contribution in [0.3, 0.4) is 0 Å². The minimum Gasteiger partial charge on any atom is -0.377 e. The quantitative estimate of drug-likeness (QED) is 0.577. The summed E-state index contributed by atoms with van der Waals surface area (Å²) < 4.78 is 32.3. The molecule has 0 amide bonds. The van der Waals surface area contributed by atoms with Crippen molar-refractivity contribution < 1.29 is 18.3 Å². The molecule has 1 heterocycles. The van der Waals surface area contributed by atoms with Gasteiger partial charge in [-0.15, -0.1) is 0 Å². The number of ether oxygens (including phenoxy) is 1. The monoisotopic (exact) mass is 322 g/mol. The maximum absolute atomic E-state index is 13.5. The first-order valence-corrected chi connectivity index (χ1v) is 8.04. The van der Waals surface area contributed by atoms with Gasteiger partial charge in [0.1, 0.15) is 6.29 Å². The number of hydrogen-bond donors (Lipinski definition) is 1. The molecule has 0 aromatic carbocycles. The van der Waals surface area contributed by atoms with Crippen molar-refractivity contribution in [2.75, 3.05) is 39.8 Å². The number of carbonyl (C=O) groups excluding carboxylic acids is 1. The Morgan fingerprint density at radius 3 is 2.41 bits per heavy atom. The average molecular weight is 322 g/mol. The van der Waals surface area contributed by atoms with E-state index in [0.717, 1.165) is 13.2 Å². The van der Waals surface area contributed by atoms with Gasteiger partial charge in [-0.3, -0.25) is 4.90 Å². The first-order chi connectivity index (χ1) is 10.2. The predicted octanol–water partition coefficient (Wildman–Crippen LogP) is 2.43. The van der Waals surface area contributed by atoms with Gasteiger partial charge >= 0.3 is 0 Å². The third-order valence-corrected chi connectivity index (χ3v) is 3.67. The van der Waals surface area contributed by atoms with Crippen LogP contribution in [0.15, 0.2) is 0 Å². The highest BCUT2D eigenvalue weighted by molar-refractivity contribution is 5.52. The summed E-state index contributed by atoms with van der Waals surface area (Å²) in [4.78, 5) is 11.7. The molecular weight excluding hydrogens is 290 g/mol. The SMILES string of the molecule is CC(C)C1CCN(CC=O)CC1(F)F.CNCCOC(C)C. The summed E-state index contributed by atoms with van der Waals surface area (Å²) in [5.41, 5.74) is 0. The molecular formula is C16H32F2N2O2. The van der Waals surface area contributed by atoms with Gasteiger partial charge in [-0.2, -0.15) is 0 Å². The standard InChI is InChI=1S/C10H17F2NO.C6H15NO/c1-8(2)9-3-4-13(5-6-14)7-10(9,11)12;1-6(2)8-5-4-7-3/h6,8-9H,3-5,7H2,1-2H3;6-7H,4-5H2,1-3H3. The number of piperidine rings is 1. The van der Waals surface area contributed by atoms with Crippen LogP contribution in [0, 0.1) is 11.8 Å². The number of likely N-dealkylation sites (tertiary alicyclic amines) is 1. The van der Waals surface area contributed by atoms with Crippen LogP contribution < -0.4 is 5.32 Å². The fourth-order valence-electron chi connectivity index (χ4n) is 2.51. The normalized spacial score (nSPS) is 21.6. The van der Waals surface area contributed by atoms with Gasteiger partial charge in [0, 0.05) is 12.5 Å². The van der Waals surface area contributed by atoms with Crippen molar-refractivity contribution in [3.05, 3.63) is 0 Å². The Bertz CT molecular complexity index is 300. The lowest BCUT2D eigenvalue weighted by molar-refractivity contribution is -0.129. The van der Waals surface area contributed by atoms with Gasteiger partial charge < -0.3 is 14.8 Å². The average Bonchev–Trinajstić information content (AvgIpc) is 2.38. The van der Waals surface area contributed by atoms with Crippen LogP contribution in [0.4, 0.5) is 8.78 Å². The molecule has 0 radical (unpaired) electrons. The van der Waals surface area contributed by atoms with Crippen LogP contribution in [0.1, 0.15) is 34.1 Å². The molecule has 1 saturated heterocycles. The Kier molecular flexibility index (Phi) is 10.7. The minimum atomic E-state index is -2.64. The molecule has 0 aromatic heterocycles. The summed E-state index contributed by atoms with van der Waals surface area (Å²) >= 11 is 0. The summed E-state index contributed by atoms with van der Waals surface area (Å²) in [5.74, 6) is -3.18. The van der Waals surface area contributed by atoms with E-state index in [1.807, 2.05) is 34.7 Å². The van der Waals surface area contributed by atoms with Gasteiger partial charge in [0.05, 0.1) is 25.8 Å². The van der Waals surface area contributed by atoms with Crippen LogP contribution >= 0.6 is 0 Å². The highest BCUT2D eigenvalue weighted by Crippen LogP contribution is 2.37. The number of halogens is 2. The lowest BCUT2D eigenvalue weighted by atomic mass is 9.83. The van der Waals surface area contributed by atoms with E-state index in [0.29, 0.717) is 25.4 Å². The van der Waals surface area contributed by atoms with Crippen molar-refractivity contribution in [3.8, 4) is 0 Å². The van der Waals surface area contributed by atoms with Crippen molar-refractivity contribution in [3.63, 3.8) is 0 Å². The number of nitrogens with zero attached hydrogens (tertiary/aromatic N) is 1. The van der Waals surface area contributed by atoms with Crippen LogP contribution in [-0.4, -0.2) is 63.0 Å². The zero-order chi connectivity index (χ0) is 17.2. The molecule has 1 N–H and O–H groups in total. The molecule has 0 spiro atoms. The number of rotatable bonds is 7. The Balaban J connectivity index is 0.000000472. The molecule has 4 nitrogen and oxygen atoms in total. The first kappa shape index (κ1) is 21.4. The summed E-state index contributed by atoms with van der Waals surface area (Å²) in [6.45, 7) is 9.95. The van der Waals surface area contributed by atoms with E-state index >= 15 is 0 Å². The molecule has 6 heteroatoms. The van der Waals surface area contributed by atoms with E-state index < -0.39 is 11.8 Å². The molecule has 1 unspecified atom stereocenters. The molecule has 22 heavy (non-hydrogen) atoms. The van der Waals surface area contributed by atoms with Gasteiger partial charge in [0.25, 0.3) is 5.92 Å². The molecule has 1 aliphatic rings. The lowest BCUT2D eigenvalue weighted by Crippen LogP contribution is -2.50. The largest absolute Gasteiger partial charge is 0.377 e. The number of alkyl halides is 2. The zero-order valence-electron chi connectivity index (χ0n) is 14.6. The number of aldehydes is 1. The first-order valence-electron chi connectivity index (χ1n) is 8.04. The van der Waals surface area contributed by atoms with E-state index in [-0.39, 0.29) is 19.0 Å². The van der Waals surface area contributed by atoms with Crippen molar-refractivity contribution in [2.45, 2.75) is 46.1 Å². The van der Waals surface area contributed by atoms with Crippen LogP contribution in [-0.2, 0) is 9.53 Å². The topological polar surface area (TPSA) is 41.6 Å². The fourth-order valence-corrected chi connectivity index (χ4v) is 2.51. The third-order valence-electron chi connectivity index (χ3n) is 3.67. The van der Waals surface area contributed by atoms with Gasteiger partial charge in [-0.1, -0.05) is 13.8 Å². The fraction of sp³-hybridized carbons (Fsp3) is 0.938. The molecule has 1 atom stereocenters. The summed E-state index contributed by atoms with van der Waals surface area (Å²) in [5, 5.41) is 3.00. The van der Waals surface area contributed by atoms with Gasteiger partial charge in [-0.05, 0) is 39.8 Å². The maximum Gasteiger partial charge on any atom is 0.263 e. The highest BCUT2D eigenvalue weighted by Gasteiger charge is 2.45.